The van der Waals surface area contributed by atoms with E-state index in [2.05, 4.69) is 15.3 Å². The Morgan fingerprint density at radius 3 is 3.00 bits per heavy atom. The summed E-state index contributed by atoms with van der Waals surface area (Å²) < 4.78 is 0. The van der Waals surface area contributed by atoms with Crippen LogP contribution < -0.4 is 5.32 Å². The Morgan fingerprint density at radius 2 is 2.33 bits per heavy atom. The van der Waals surface area contributed by atoms with Crippen molar-refractivity contribution in [2.45, 2.75) is 13.5 Å². The van der Waals surface area contributed by atoms with Gasteiger partial charge in [0.05, 0.1) is 6.54 Å². The largest absolute Gasteiger partial charge is 0.378 e. The first-order valence-corrected chi connectivity index (χ1v) is 5.12. The lowest BCUT2D eigenvalue weighted by atomic mass is 10.3. The van der Waals surface area contributed by atoms with Crippen LogP contribution in [0.3, 0.4) is 0 Å². The Kier molecular flexibility index (Phi) is 2.92. The number of imidazole rings is 1. The zero-order chi connectivity index (χ0) is 10.7. The molecule has 2 aromatic rings. The standard InChI is InChI=1S/C11H12ClN3/c1-8-6-14-11(15-8)7-13-10-4-2-3-9(12)5-10/h2-6,13H,7H2,1H3,(H,14,15). The maximum absolute atomic E-state index is 5.87. The molecule has 4 heteroatoms. The number of anilines is 1. The van der Waals surface area contributed by atoms with Crippen LogP contribution in [-0.2, 0) is 6.54 Å². The molecule has 0 aliphatic heterocycles. The molecule has 0 unspecified atom stereocenters. The van der Waals surface area contributed by atoms with E-state index in [1.807, 2.05) is 37.4 Å². The van der Waals surface area contributed by atoms with Gasteiger partial charge in [0.15, 0.2) is 0 Å². The van der Waals surface area contributed by atoms with E-state index in [0.717, 1.165) is 22.2 Å². The van der Waals surface area contributed by atoms with Crippen LogP contribution in [0.4, 0.5) is 5.69 Å². The molecule has 0 aliphatic rings. The molecule has 0 spiro atoms. The summed E-state index contributed by atoms with van der Waals surface area (Å²) in [5.41, 5.74) is 2.06. The molecule has 0 amide bonds. The third-order valence-electron chi connectivity index (χ3n) is 2.04. The van der Waals surface area contributed by atoms with Crippen molar-refractivity contribution in [3.63, 3.8) is 0 Å². The molecule has 15 heavy (non-hydrogen) atoms. The molecule has 0 bridgehead atoms. The van der Waals surface area contributed by atoms with Gasteiger partial charge >= 0.3 is 0 Å². The molecular formula is C11H12ClN3. The van der Waals surface area contributed by atoms with Crippen molar-refractivity contribution in [2.24, 2.45) is 0 Å². The second-order valence-corrected chi connectivity index (χ2v) is 3.81. The van der Waals surface area contributed by atoms with Gasteiger partial charge in [0.1, 0.15) is 5.82 Å². The van der Waals surface area contributed by atoms with Gasteiger partial charge in [-0.2, -0.15) is 0 Å². The van der Waals surface area contributed by atoms with Crippen molar-refractivity contribution < 1.29 is 0 Å². The van der Waals surface area contributed by atoms with Gasteiger partial charge in [0.25, 0.3) is 0 Å². The van der Waals surface area contributed by atoms with Crippen LogP contribution >= 0.6 is 11.6 Å². The number of aryl methyl sites for hydroxylation is 1. The van der Waals surface area contributed by atoms with Crippen molar-refractivity contribution in [1.29, 1.82) is 0 Å². The van der Waals surface area contributed by atoms with Crippen LogP contribution in [-0.4, -0.2) is 9.97 Å². The van der Waals surface area contributed by atoms with Gasteiger partial charge in [-0.15, -0.1) is 0 Å². The predicted molar refractivity (Wildman–Crippen MR) is 62.1 cm³/mol. The van der Waals surface area contributed by atoms with Gasteiger partial charge in [-0.1, -0.05) is 17.7 Å². The number of nitrogens with one attached hydrogen (secondary N) is 2. The molecule has 3 nitrogen and oxygen atoms in total. The van der Waals surface area contributed by atoms with E-state index in [0.29, 0.717) is 6.54 Å². The third-order valence-corrected chi connectivity index (χ3v) is 2.28. The van der Waals surface area contributed by atoms with Crippen LogP contribution in [0.25, 0.3) is 0 Å². The summed E-state index contributed by atoms with van der Waals surface area (Å²) in [5.74, 6) is 0.924. The van der Waals surface area contributed by atoms with Crippen LogP contribution in [0, 0.1) is 6.92 Å². The quantitative estimate of drug-likeness (QED) is 0.837. The summed E-state index contributed by atoms with van der Waals surface area (Å²) in [6.45, 7) is 2.66. The lowest BCUT2D eigenvalue weighted by Crippen LogP contribution is -2.00. The Labute approximate surface area is 93.5 Å². The minimum absolute atomic E-state index is 0.675. The first-order valence-electron chi connectivity index (χ1n) is 4.74. The average Bonchev–Trinajstić information content (AvgIpc) is 2.62. The molecule has 2 N–H and O–H groups in total. The number of rotatable bonds is 3. The Bertz CT molecular complexity index is 451. The van der Waals surface area contributed by atoms with Gasteiger partial charge in [0.2, 0.25) is 0 Å². The van der Waals surface area contributed by atoms with Gasteiger partial charge < -0.3 is 10.3 Å². The number of aromatic amines is 1. The van der Waals surface area contributed by atoms with Crippen LogP contribution in [0.1, 0.15) is 11.5 Å². The maximum atomic E-state index is 5.87. The number of benzene rings is 1. The van der Waals surface area contributed by atoms with E-state index in [-0.39, 0.29) is 0 Å². The zero-order valence-corrected chi connectivity index (χ0v) is 9.17. The Morgan fingerprint density at radius 1 is 1.47 bits per heavy atom. The van der Waals surface area contributed by atoms with Crippen molar-refractivity contribution >= 4 is 17.3 Å². The smallest absolute Gasteiger partial charge is 0.125 e. The highest BCUT2D eigenvalue weighted by molar-refractivity contribution is 6.30. The molecule has 1 aromatic carbocycles. The number of nitrogens with zero attached hydrogens (tertiary/aromatic N) is 1. The number of aromatic nitrogens is 2. The van der Waals surface area contributed by atoms with E-state index >= 15 is 0 Å². The normalized spacial score (nSPS) is 10.3. The molecule has 0 fully saturated rings. The summed E-state index contributed by atoms with van der Waals surface area (Å²) in [5, 5.41) is 3.97. The molecule has 78 valence electrons. The minimum atomic E-state index is 0.675. The first kappa shape index (κ1) is 10.1. The van der Waals surface area contributed by atoms with Crippen LogP contribution in [0.5, 0.6) is 0 Å². The SMILES string of the molecule is Cc1cnc(CNc2cccc(Cl)c2)[nH]1. The topological polar surface area (TPSA) is 40.7 Å². The summed E-state index contributed by atoms with van der Waals surface area (Å²) in [4.78, 5) is 7.36. The van der Waals surface area contributed by atoms with Gasteiger partial charge in [-0.25, -0.2) is 4.98 Å². The van der Waals surface area contributed by atoms with Crippen molar-refractivity contribution in [1.82, 2.24) is 9.97 Å². The van der Waals surface area contributed by atoms with Crippen LogP contribution in [0.2, 0.25) is 5.02 Å². The highest BCUT2D eigenvalue weighted by Crippen LogP contribution is 2.15. The molecule has 0 saturated carbocycles. The highest BCUT2D eigenvalue weighted by atomic mass is 35.5. The van der Waals surface area contributed by atoms with Crippen molar-refractivity contribution in [2.75, 3.05) is 5.32 Å². The second kappa shape index (κ2) is 4.36. The fourth-order valence-corrected chi connectivity index (χ4v) is 1.53. The van der Waals surface area contributed by atoms with Crippen molar-refractivity contribution in [3.05, 3.63) is 47.0 Å². The molecule has 2 rings (SSSR count). The molecule has 1 aromatic heterocycles. The summed E-state index contributed by atoms with van der Waals surface area (Å²) >= 11 is 5.87. The van der Waals surface area contributed by atoms with Crippen molar-refractivity contribution in [3.8, 4) is 0 Å². The van der Waals surface area contributed by atoms with E-state index in [9.17, 15) is 0 Å². The number of H-pyrrole nitrogens is 1. The third kappa shape index (κ3) is 2.73. The summed E-state index contributed by atoms with van der Waals surface area (Å²) in [6, 6.07) is 7.63. The Balaban J connectivity index is 1.99. The van der Waals surface area contributed by atoms with E-state index in [4.69, 9.17) is 11.6 Å². The van der Waals surface area contributed by atoms with E-state index in [1.54, 1.807) is 0 Å². The van der Waals surface area contributed by atoms with Crippen LogP contribution in [0.15, 0.2) is 30.5 Å². The lowest BCUT2D eigenvalue weighted by molar-refractivity contribution is 0.992. The molecule has 0 saturated heterocycles. The fraction of sp³-hybridized carbons (Fsp3) is 0.182. The number of halogens is 1. The zero-order valence-electron chi connectivity index (χ0n) is 8.42. The minimum Gasteiger partial charge on any atom is -0.378 e. The predicted octanol–water partition coefficient (Wildman–Crippen LogP) is 2.98. The number of hydrogen-bond acceptors (Lipinski definition) is 2. The molecule has 1 heterocycles. The fourth-order valence-electron chi connectivity index (χ4n) is 1.34. The summed E-state index contributed by atoms with van der Waals surface area (Å²) in [6.07, 6.45) is 1.81. The Hall–Kier alpha value is -1.48. The molecule has 0 aliphatic carbocycles. The van der Waals surface area contributed by atoms with E-state index in [1.165, 1.54) is 0 Å². The van der Waals surface area contributed by atoms with Gasteiger partial charge in [0, 0.05) is 22.6 Å². The number of hydrogen-bond donors (Lipinski definition) is 2. The molecule has 0 atom stereocenters. The maximum Gasteiger partial charge on any atom is 0.125 e. The average molecular weight is 222 g/mol. The monoisotopic (exact) mass is 221 g/mol. The highest BCUT2D eigenvalue weighted by Gasteiger charge is 1.97. The molecule has 0 radical (unpaired) electrons. The molecular weight excluding hydrogens is 210 g/mol. The van der Waals surface area contributed by atoms with Gasteiger partial charge in [-0.05, 0) is 25.1 Å². The second-order valence-electron chi connectivity index (χ2n) is 3.38. The van der Waals surface area contributed by atoms with E-state index < -0.39 is 0 Å². The first-order chi connectivity index (χ1) is 7.24. The van der Waals surface area contributed by atoms with Gasteiger partial charge in [-0.3, -0.25) is 0 Å². The lowest BCUT2D eigenvalue weighted by Gasteiger charge is -2.04. The summed E-state index contributed by atoms with van der Waals surface area (Å²) in [7, 11) is 0.